The number of amides is 1. The fraction of sp³-hybridized carbons (Fsp3) is 0.350. The molecule has 0 atom stereocenters. The molecule has 0 fully saturated rings. The fourth-order valence-electron chi connectivity index (χ4n) is 3.18. The highest BCUT2D eigenvalue weighted by atomic mass is 32.2. The Kier molecular flexibility index (Phi) is 6.57. The number of rotatable bonds is 7. The fourth-order valence-corrected chi connectivity index (χ4v) is 4.73. The van der Waals surface area contributed by atoms with Crippen molar-refractivity contribution in [1.29, 1.82) is 0 Å². The third kappa shape index (κ3) is 5.34. The monoisotopic (exact) mass is 404 g/mol. The van der Waals surface area contributed by atoms with Crippen LogP contribution in [0.3, 0.4) is 0 Å². The van der Waals surface area contributed by atoms with Crippen molar-refractivity contribution in [2.24, 2.45) is 0 Å². The van der Waals surface area contributed by atoms with E-state index in [0.717, 1.165) is 36.1 Å². The summed E-state index contributed by atoms with van der Waals surface area (Å²) in [6.45, 7) is 0.0630. The minimum absolute atomic E-state index is 0.0630. The van der Waals surface area contributed by atoms with Crippen molar-refractivity contribution in [2.45, 2.75) is 41.9 Å². The van der Waals surface area contributed by atoms with Crippen LogP contribution in [0.4, 0.5) is 5.69 Å². The maximum Gasteiger partial charge on any atom is 0.240 e. The van der Waals surface area contributed by atoms with Crippen molar-refractivity contribution in [3.63, 3.8) is 0 Å². The van der Waals surface area contributed by atoms with Crippen LogP contribution in [0.1, 0.15) is 30.4 Å². The Labute approximate surface area is 165 Å². The molecule has 0 aromatic heterocycles. The first kappa shape index (κ1) is 19.9. The van der Waals surface area contributed by atoms with E-state index < -0.39 is 10.0 Å². The van der Waals surface area contributed by atoms with Crippen molar-refractivity contribution >= 4 is 33.4 Å². The van der Waals surface area contributed by atoms with E-state index in [-0.39, 0.29) is 23.8 Å². The van der Waals surface area contributed by atoms with Gasteiger partial charge in [0.05, 0.1) is 4.90 Å². The van der Waals surface area contributed by atoms with Gasteiger partial charge >= 0.3 is 0 Å². The van der Waals surface area contributed by atoms with E-state index in [4.69, 9.17) is 0 Å². The smallest absolute Gasteiger partial charge is 0.240 e. The highest BCUT2D eigenvalue weighted by molar-refractivity contribution is 7.98. The molecule has 3 rings (SSSR count). The van der Waals surface area contributed by atoms with E-state index >= 15 is 0 Å². The summed E-state index contributed by atoms with van der Waals surface area (Å²) < 4.78 is 27.5. The van der Waals surface area contributed by atoms with Crippen LogP contribution in [0.15, 0.2) is 52.3 Å². The molecule has 2 aromatic rings. The van der Waals surface area contributed by atoms with E-state index in [0.29, 0.717) is 5.69 Å². The van der Waals surface area contributed by atoms with Gasteiger partial charge in [0.1, 0.15) is 0 Å². The van der Waals surface area contributed by atoms with Gasteiger partial charge in [0.15, 0.2) is 0 Å². The molecule has 27 heavy (non-hydrogen) atoms. The Morgan fingerprint density at radius 3 is 2.63 bits per heavy atom. The molecule has 2 aromatic carbocycles. The number of thioether (sulfide) groups is 1. The number of hydrogen-bond donors (Lipinski definition) is 2. The number of anilines is 1. The Hall–Kier alpha value is -1.83. The maximum absolute atomic E-state index is 12.5. The molecule has 1 amide bonds. The standard InChI is InChI=1S/C20H24N2O3S2/c1-26-18-8-4-7-17(14-18)22-20(23)11-12-21-27(24,25)19-10-9-15-5-2-3-6-16(15)13-19/h4,7-10,13-14,21H,2-3,5-6,11-12H2,1H3,(H,22,23). The van der Waals surface area contributed by atoms with Gasteiger partial charge < -0.3 is 5.32 Å². The van der Waals surface area contributed by atoms with Crippen LogP contribution in [0.2, 0.25) is 0 Å². The number of hydrogen-bond acceptors (Lipinski definition) is 4. The average Bonchev–Trinajstić information content (AvgIpc) is 2.67. The lowest BCUT2D eigenvalue weighted by Crippen LogP contribution is -2.28. The first-order valence-electron chi connectivity index (χ1n) is 9.03. The van der Waals surface area contributed by atoms with Gasteiger partial charge in [-0.3, -0.25) is 4.79 Å². The minimum atomic E-state index is -3.61. The molecule has 1 aliphatic rings. The molecule has 144 valence electrons. The van der Waals surface area contributed by atoms with Gasteiger partial charge in [0.25, 0.3) is 0 Å². The lowest BCUT2D eigenvalue weighted by atomic mass is 9.92. The van der Waals surface area contributed by atoms with E-state index in [9.17, 15) is 13.2 Å². The van der Waals surface area contributed by atoms with Gasteiger partial charge in [-0.15, -0.1) is 11.8 Å². The predicted molar refractivity (Wildman–Crippen MR) is 110 cm³/mol. The molecule has 5 nitrogen and oxygen atoms in total. The molecule has 0 radical (unpaired) electrons. The quantitative estimate of drug-likeness (QED) is 0.692. The molecule has 7 heteroatoms. The summed E-state index contributed by atoms with van der Waals surface area (Å²) in [6, 6.07) is 12.9. The minimum Gasteiger partial charge on any atom is -0.326 e. The Bertz CT molecular complexity index is 927. The van der Waals surface area contributed by atoms with E-state index in [1.54, 1.807) is 23.9 Å². The Morgan fingerprint density at radius 2 is 1.85 bits per heavy atom. The zero-order valence-corrected chi connectivity index (χ0v) is 17.0. The number of aryl methyl sites for hydroxylation is 2. The summed E-state index contributed by atoms with van der Waals surface area (Å²) >= 11 is 1.60. The van der Waals surface area contributed by atoms with Gasteiger partial charge in [-0.2, -0.15) is 0 Å². The average molecular weight is 405 g/mol. The van der Waals surface area contributed by atoms with E-state index in [1.165, 1.54) is 5.56 Å². The highest BCUT2D eigenvalue weighted by Gasteiger charge is 2.17. The molecule has 0 unspecified atom stereocenters. The number of fused-ring (bicyclic) bond motifs is 1. The summed E-state index contributed by atoms with van der Waals surface area (Å²) in [5.74, 6) is -0.221. The van der Waals surface area contributed by atoms with Gasteiger partial charge in [-0.05, 0) is 73.4 Å². The van der Waals surface area contributed by atoms with Crippen molar-refractivity contribution in [3.8, 4) is 0 Å². The summed E-state index contributed by atoms with van der Waals surface area (Å²) in [7, 11) is -3.61. The topological polar surface area (TPSA) is 75.3 Å². The van der Waals surface area contributed by atoms with Crippen LogP contribution in [0, 0.1) is 0 Å². The first-order valence-corrected chi connectivity index (χ1v) is 11.7. The zero-order chi connectivity index (χ0) is 19.3. The SMILES string of the molecule is CSc1cccc(NC(=O)CCNS(=O)(=O)c2ccc3c(c2)CCCC3)c1. The second kappa shape index (κ2) is 8.91. The van der Waals surface area contributed by atoms with Crippen LogP contribution < -0.4 is 10.0 Å². The van der Waals surface area contributed by atoms with Crippen LogP contribution in [-0.2, 0) is 27.7 Å². The molecule has 0 aliphatic heterocycles. The van der Waals surface area contributed by atoms with E-state index in [1.807, 2.05) is 36.6 Å². The lowest BCUT2D eigenvalue weighted by Gasteiger charge is -2.16. The Balaban J connectivity index is 1.55. The van der Waals surface area contributed by atoms with Gasteiger partial charge in [-0.25, -0.2) is 13.1 Å². The second-order valence-electron chi connectivity index (χ2n) is 6.57. The lowest BCUT2D eigenvalue weighted by molar-refractivity contribution is -0.116. The molecule has 0 saturated carbocycles. The number of nitrogens with one attached hydrogen (secondary N) is 2. The summed E-state index contributed by atoms with van der Waals surface area (Å²) in [4.78, 5) is 13.4. The van der Waals surface area contributed by atoms with Crippen molar-refractivity contribution in [2.75, 3.05) is 18.1 Å². The molecule has 0 bridgehead atoms. The van der Waals surface area contributed by atoms with E-state index in [2.05, 4.69) is 10.0 Å². The molecule has 1 aliphatic carbocycles. The highest BCUT2D eigenvalue weighted by Crippen LogP contribution is 2.24. The van der Waals surface area contributed by atoms with Crippen molar-refractivity contribution in [3.05, 3.63) is 53.6 Å². The van der Waals surface area contributed by atoms with Crippen LogP contribution in [-0.4, -0.2) is 27.1 Å². The van der Waals surface area contributed by atoms with Crippen molar-refractivity contribution in [1.82, 2.24) is 4.72 Å². The number of sulfonamides is 1. The Morgan fingerprint density at radius 1 is 1.07 bits per heavy atom. The zero-order valence-electron chi connectivity index (χ0n) is 15.3. The largest absolute Gasteiger partial charge is 0.326 e. The first-order chi connectivity index (χ1) is 13.0. The van der Waals surface area contributed by atoms with Gasteiger partial charge in [0.2, 0.25) is 15.9 Å². The third-order valence-corrected chi connectivity index (χ3v) is 6.81. The molecular formula is C20H24N2O3S2. The summed E-state index contributed by atoms with van der Waals surface area (Å²) in [5.41, 5.74) is 3.08. The third-order valence-electron chi connectivity index (χ3n) is 4.63. The predicted octanol–water partition coefficient (Wildman–Crippen LogP) is 3.59. The molecular weight excluding hydrogens is 380 g/mol. The number of carbonyl (C=O) groups excluding carboxylic acids is 1. The molecule has 0 heterocycles. The summed E-state index contributed by atoms with van der Waals surface area (Å²) in [6.07, 6.45) is 6.25. The van der Waals surface area contributed by atoms with Crippen LogP contribution in [0.5, 0.6) is 0 Å². The molecule has 0 spiro atoms. The van der Waals surface area contributed by atoms with Gasteiger partial charge in [0, 0.05) is 23.5 Å². The van der Waals surface area contributed by atoms with Crippen molar-refractivity contribution < 1.29 is 13.2 Å². The maximum atomic E-state index is 12.5. The normalized spacial score (nSPS) is 13.8. The molecule has 0 saturated heterocycles. The van der Waals surface area contributed by atoms with Crippen LogP contribution in [0.25, 0.3) is 0 Å². The number of benzene rings is 2. The number of carbonyl (C=O) groups is 1. The molecule has 2 N–H and O–H groups in total. The second-order valence-corrected chi connectivity index (χ2v) is 9.21. The summed E-state index contributed by atoms with van der Waals surface area (Å²) in [5, 5.41) is 2.80. The van der Waals surface area contributed by atoms with Gasteiger partial charge in [-0.1, -0.05) is 12.1 Å². The van der Waals surface area contributed by atoms with Crippen LogP contribution >= 0.6 is 11.8 Å².